The van der Waals surface area contributed by atoms with Gasteiger partial charge in [-0.05, 0) is 24.7 Å². The highest BCUT2D eigenvalue weighted by Crippen LogP contribution is 2.27. The minimum atomic E-state index is -0.0449. The van der Waals surface area contributed by atoms with Gasteiger partial charge in [0.05, 0.1) is 6.54 Å². The van der Waals surface area contributed by atoms with Crippen molar-refractivity contribution in [2.75, 3.05) is 26.2 Å². The number of carbonyl (C=O) groups excluding carboxylic acids is 2. The molecule has 0 bridgehead atoms. The molecule has 0 spiro atoms. The van der Waals surface area contributed by atoms with Crippen LogP contribution in [0.15, 0.2) is 0 Å². The number of nitrogens with two attached hydrogens (primary N) is 1. The molecule has 2 saturated heterocycles. The number of carbonyl (C=O) groups is 2. The van der Waals surface area contributed by atoms with Crippen LogP contribution in [-0.2, 0) is 9.59 Å². The maximum absolute atomic E-state index is 12.4. The standard InChI is InChI=1S/C15H27N3O2.ClH/c1-15(2)11-18(9-7-12(15)16)14(20)10-17-8-5-3-4-6-13(17)19;/h12H,3-11,16H2,1-2H3;1H. The average Bonchev–Trinajstić information content (AvgIpc) is 2.58. The molecule has 122 valence electrons. The molecule has 1 atom stereocenters. The Kier molecular flexibility index (Phi) is 6.47. The van der Waals surface area contributed by atoms with E-state index in [9.17, 15) is 9.59 Å². The van der Waals surface area contributed by atoms with Gasteiger partial charge in [0.25, 0.3) is 0 Å². The number of halogens is 1. The largest absolute Gasteiger partial charge is 0.341 e. The van der Waals surface area contributed by atoms with Crippen LogP contribution in [0.3, 0.4) is 0 Å². The fourth-order valence-corrected chi connectivity index (χ4v) is 3.06. The Balaban J connectivity index is 0.00000220. The molecule has 2 heterocycles. The first-order chi connectivity index (χ1) is 9.40. The lowest BCUT2D eigenvalue weighted by atomic mass is 9.79. The van der Waals surface area contributed by atoms with Crippen molar-refractivity contribution >= 4 is 24.2 Å². The van der Waals surface area contributed by atoms with Crippen LogP contribution in [0.2, 0.25) is 0 Å². The van der Waals surface area contributed by atoms with Crippen LogP contribution in [0.1, 0.15) is 46.0 Å². The summed E-state index contributed by atoms with van der Waals surface area (Å²) in [6, 6.07) is 0.145. The van der Waals surface area contributed by atoms with E-state index in [1.165, 1.54) is 0 Å². The molecule has 0 saturated carbocycles. The van der Waals surface area contributed by atoms with Crippen LogP contribution in [0.5, 0.6) is 0 Å². The second kappa shape index (κ2) is 7.45. The zero-order valence-corrected chi connectivity index (χ0v) is 14.0. The zero-order chi connectivity index (χ0) is 14.8. The van der Waals surface area contributed by atoms with E-state index in [1.807, 2.05) is 4.90 Å². The molecule has 21 heavy (non-hydrogen) atoms. The fourth-order valence-electron chi connectivity index (χ4n) is 3.06. The molecule has 0 aromatic carbocycles. The van der Waals surface area contributed by atoms with Crippen molar-refractivity contribution in [1.82, 2.24) is 9.80 Å². The number of rotatable bonds is 2. The summed E-state index contributed by atoms with van der Waals surface area (Å²) >= 11 is 0. The van der Waals surface area contributed by atoms with E-state index in [1.54, 1.807) is 4.90 Å². The Morgan fingerprint density at radius 3 is 2.67 bits per heavy atom. The van der Waals surface area contributed by atoms with Crippen LogP contribution < -0.4 is 5.73 Å². The zero-order valence-electron chi connectivity index (χ0n) is 13.1. The van der Waals surface area contributed by atoms with Gasteiger partial charge in [0.1, 0.15) is 0 Å². The van der Waals surface area contributed by atoms with E-state index in [-0.39, 0.29) is 42.2 Å². The maximum Gasteiger partial charge on any atom is 0.242 e. The SMILES string of the molecule is CC1(C)CN(C(=O)CN2CCCCCC2=O)CCC1N.Cl. The van der Waals surface area contributed by atoms with E-state index in [2.05, 4.69) is 13.8 Å². The second-order valence-electron chi connectivity index (χ2n) is 6.82. The van der Waals surface area contributed by atoms with Gasteiger partial charge in [-0.3, -0.25) is 9.59 Å². The third-order valence-corrected chi connectivity index (χ3v) is 4.66. The third-order valence-electron chi connectivity index (χ3n) is 4.66. The van der Waals surface area contributed by atoms with E-state index in [0.29, 0.717) is 19.5 Å². The highest BCUT2D eigenvalue weighted by Gasteiger charge is 2.35. The van der Waals surface area contributed by atoms with Crippen LogP contribution in [0.25, 0.3) is 0 Å². The first kappa shape index (κ1) is 18.2. The Labute approximate surface area is 133 Å². The summed E-state index contributed by atoms with van der Waals surface area (Å²) in [5.41, 5.74) is 6.05. The van der Waals surface area contributed by atoms with E-state index in [0.717, 1.165) is 32.2 Å². The summed E-state index contributed by atoms with van der Waals surface area (Å²) in [7, 11) is 0. The summed E-state index contributed by atoms with van der Waals surface area (Å²) < 4.78 is 0. The van der Waals surface area contributed by atoms with Crippen LogP contribution in [0, 0.1) is 5.41 Å². The minimum Gasteiger partial charge on any atom is -0.341 e. The van der Waals surface area contributed by atoms with E-state index >= 15 is 0 Å². The lowest BCUT2D eigenvalue weighted by Crippen LogP contribution is -2.55. The molecule has 2 N–H and O–H groups in total. The topological polar surface area (TPSA) is 66.6 Å². The Bertz CT molecular complexity index is 387. The van der Waals surface area contributed by atoms with Crippen LogP contribution in [-0.4, -0.2) is 53.8 Å². The van der Waals surface area contributed by atoms with Gasteiger partial charge in [-0.15, -0.1) is 12.4 Å². The molecular formula is C15H28ClN3O2. The molecule has 0 aromatic heterocycles. The highest BCUT2D eigenvalue weighted by atomic mass is 35.5. The van der Waals surface area contributed by atoms with Gasteiger partial charge in [0.15, 0.2) is 0 Å². The molecule has 5 nitrogen and oxygen atoms in total. The average molecular weight is 318 g/mol. The molecule has 0 radical (unpaired) electrons. The Morgan fingerprint density at radius 2 is 2.00 bits per heavy atom. The highest BCUT2D eigenvalue weighted by molar-refractivity contribution is 5.85. The second-order valence-corrected chi connectivity index (χ2v) is 6.82. The first-order valence-electron chi connectivity index (χ1n) is 7.71. The predicted molar refractivity (Wildman–Crippen MR) is 85.2 cm³/mol. The number of piperidine rings is 1. The third kappa shape index (κ3) is 4.58. The molecule has 0 aliphatic carbocycles. The molecule has 2 aliphatic heterocycles. The number of hydrogen-bond donors (Lipinski definition) is 1. The van der Waals surface area contributed by atoms with Crippen molar-refractivity contribution in [2.24, 2.45) is 11.1 Å². The van der Waals surface area contributed by atoms with Crippen molar-refractivity contribution in [3.63, 3.8) is 0 Å². The molecule has 6 heteroatoms. The molecule has 2 fully saturated rings. The van der Waals surface area contributed by atoms with Gasteiger partial charge in [0.2, 0.25) is 11.8 Å². The van der Waals surface area contributed by atoms with Crippen molar-refractivity contribution in [2.45, 2.75) is 52.0 Å². The Morgan fingerprint density at radius 1 is 1.29 bits per heavy atom. The van der Waals surface area contributed by atoms with Gasteiger partial charge in [-0.2, -0.15) is 0 Å². The number of hydrogen-bond acceptors (Lipinski definition) is 3. The summed E-state index contributed by atoms with van der Waals surface area (Å²) in [5, 5.41) is 0. The van der Waals surface area contributed by atoms with E-state index in [4.69, 9.17) is 5.73 Å². The lowest BCUT2D eigenvalue weighted by Gasteiger charge is -2.43. The van der Waals surface area contributed by atoms with Crippen molar-refractivity contribution < 1.29 is 9.59 Å². The number of nitrogens with zero attached hydrogens (tertiary/aromatic N) is 2. The van der Waals surface area contributed by atoms with Gasteiger partial charge < -0.3 is 15.5 Å². The Hall–Kier alpha value is -0.810. The minimum absolute atomic E-state index is 0. The molecule has 2 rings (SSSR count). The molecule has 0 aromatic rings. The van der Waals surface area contributed by atoms with Crippen molar-refractivity contribution in [1.29, 1.82) is 0 Å². The molecule has 1 unspecified atom stereocenters. The molecule has 2 aliphatic rings. The van der Waals surface area contributed by atoms with Gasteiger partial charge >= 0.3 is 0 Å². The smallest absolute Gasteiger partial charge is 0.242 e. The predicted octanol–water partition coefficient (Wildman–Crippen LogP) is 1.40. The van der Waals surface area contributed by atoms with Gasteiger partial charge in [-0.25, -0.2) is 0 Å². The van der Waals surface area contributed by atoms with Crippen LogP contribution in [0.4, 0.5) is 0 Å². The van der Waals surface area contributed by atoms with Crippen molar-refractivity contribution in [3.8, 4) is 0 Å². The van der Waals surface area contributed by atoms with Gasteiger partial charge in [-0.1, -0.05) is 20.3 Å². The normalized spacial score (nSPS) is 26.0. The monoisotopic (exact) mass is 317 g/mol. The van der Waals surface area contributed by atoms with Crippen molar-refractivity contribution in [3.05, 3.63) is 0 Å². The molecule has 2 amide bonds. The summed E-state index contributed by atoms with van der Waals surface area (Å²) in [4.78, 5) is 28.0. The summed E-state index contributed by atoms with van der Waals surface area (Å²) in [5.74, 6) is 0.198. The number of amides is 2. The number of likely N-dealkylation sites (tertiary alicyclic amines) is 2. The summed E-state index contributed by atoms with van der Waals surface area (Å²) in [6.07, 6.45) is 4.48. The quantitative estimate of drug-likeness (QED) is 0.837. The van der Waals surface area contributed by atoms with Crippen LogP contribution >= 0.6 is 12.4 Å². The fraction of sp³-hybridized carbons (Fsp3) is 0.867. The van der Waals surface area contributed by atoms with E-state index < -0.39 is 0 Å². The first-order valence-corrected chi connectivity index (χ1v) is 7.71. The summed E-state index contributed by atoms with van der Waals surface area (Å²) in [6.45, 7) is 6.58. The van der Waals surface area contributed by atoms with Gasteiger partial charge in [0, 0.05) is 32.1 Å². The maximum atomic E-state index is 12.4. The molecular weight excluding hydrogens is 290 g/mol. The lowest BCUT2D eigenvalue weighted by molar-refractivity contribution is -0.142.